The van der Waals surface area contributed by atoms with Crippen molar-refractivity contribution in [3.05, 3.63) is 40.3 Å². The van der Waals surface area contributed by atoms with Gasteiger partial charge >= 0.3 is 0 Å². The first-order valence-electron chi connectivity index (χ1n) is 6.53. The van der Waals surface area contributed by atoms with Gasteiger partial charge in [0.05, 0.1) is 20.3 Å². The Kier molecular flexibility index (Phi) is 4.98. The normalized spacial score (nSPS) is 13.8. The number of hydrogen-bond donors (Lipinski definition) is 1. The molecule has 1 aromatic carbocycles. The lowest BCUT2D eigenvalue weighted by Gasteiger charge is -2.21. The SMILES string of the molecule is COc1ccc(C(C)NC(C)c2nccs2)c(OC)c1. The minimum atomic E-state index is 0.162. The highest BCUT2D eigenvalue weighted by Gasteiger charge is 2.16. The topological polar surface area (TPSA) is 43.4 Å². The van der Waals surface area contributed by atoms with E-state index in [9.17, 15) is 0 Å². The highest BCUT2D eigenvalue weighted by molar-refractivity contribution is 7.09. The number of rotatable bonds is 6. The molecule has 0 bridgehead atoms. The number of nitrogens with zero attached hydrogens (tertiary/aromatic N) is 1. The van der Waals surface area contributed by atoms with Gasteiger partial charge in [0.1, 0.15) is 16.5 Å². The van der Waals surface area contributed by atoms with Gasteiger partial charge < -0.3 is 14.8 Å². The number of aromatic nitrogens is 1. The van der Waals surface area contributed by atoms with E-state index in [0.29, 0.717) is 0 Å². The molecule has 0 aliphatic heterocycles. The molecule has 0 fully saturated rings. The summed E-state index contributed by atoms with van der Waals surface area (Å²) >= 11 is 1.66. The largest absolute Gasteiger partial charge is 0.497 e. The smallest absolute Gasteiger partial charge is 0.127 e. The maximum Gasteiger partial charge on any atom is 0.127 e. The van der Waals surface area contributed by atoms with Crippen LogP contribution in [0.5, 0.6) is 11.5 Å². The molecule has 0 saturated carbocycles. The lowest BCUT2D eigenvalue weighted by atomic mass is 10.1. The zero-order valence-corrected chi connectivity index (χ0v) is 13.0. The molecule has 108 valence electrons. The molecule has 2 aromatic rings. The van der Waals surface area contributed by atoms with Gasteiger partial charge in [0.25, 0.3) is 0 Å². The molecule has 20 heavy (non-hydrogen) atoms. The number of ether oxygens (including phenoxy) is 2. The van der Waals surface area contributed by atoms with Gasteiger partial charge in [-0.15, -0.1) is 11.3 Å². The third-order valence-corrected chi connectivity index (χ3v) is 4.19. The minimum absolute atomic E-state index is 0.162. The molecular formula is C15H20N2O2S. The van der Waals surface area contributed by atoms with Crippen LogP contribution in [-0.4, -0.2) is 19.2 Å². The van der Waals surface area contributed by atoms with Gasteiger partial charge in [-0.1, -0.05) is 6.07 Å². The molecule has 0 aliphatic carbocycles. The van der Waals surface area contributed by atoms with E-state index in [-0.39, 0.29) is 12.1 Å². The van der Waals surface area contributed by atoms with Crippen molar-refractivity contribution < 1.29 is 9.47 Å². The zero-order chi connectivity index (χ0) is 14.5. The molecule has 5 heteroatoms. The lowest BCUT2D eigenvalue weighted by molar-refractivity contribution is 0.382. The second kappa shape index (κ2) is 6.72. The van der Waals surface area contributed by atoms with Crippen LogP contribution in [0.15, 0.2) is 29.8 Å². The van der Waals surface area contributed by atoms with Crippen LogP contribution >= 0.6 is 11.3 Å². The van der Waals surface area contributed by atoms with E-state index < -0.39 is 0 Å². The maximum atomic E-state index is 5.45. The van der Waals surface area contributed by atoms with E-state index in [1.807, 2.05) is 29.8 Å². The molecule has 0 aliphatic rings. The van der Waals surface area contributed by atoms with Gasteiger partial charge in [-0.3, -0.25) is 0 Å². The van der Waals surface area contributed by atoms with Crippen LogP contribution in [0, 0.1) is 0 Å². The van der Waals surface area contributed by atoms with Crippen molar-refractivity contribution in [3.8, 4) is 11.5 Å². The van der Waals surface area contributed by atoms with Crippen molar-refractivity contribution in [2.75, 3.05) is 14.2 Å². The summed E-state index contributed by atoms with van der Waals surface area (Å²) in [6.45, 7) is 4.24. The average Bonchev–Trinajstić information content (AvgIpc) is 3.00. The van der Waals surface area contributed by atoms with Crippen molar-refractivity contribution >= 4 is 11.3 Å². The Morgan fingerprint density at radius 3 is 2.55 bits per heavy atom. The van der Waals surface area contributed by atoms with Crippen molar-refractivity contribution in [3.63, 3.8) is 0 Å². The first-order chi connectivity index (χ1) is 9.65. The molecule has 4 nitrogen and oxygen atoms in total. The maximum absolute atomic E-state index is 5.45. The monoisotopic (exact) mass is 292 g/mol. The number of hydrogen-bond acceptors (Lipinski definition) is 5. The molecule has 2 rings (SSSR count). The highest BCUT2D eigenvalue weighted by Crippen LogP contribution is 2.30. The van der Waals surface area contributed by atoms with Gasteiger partial charge in [-0.25, -0.2) is 4.98 Å². The summed E-state index contributed by atoms with van der Waals surface area (Å²) in [5.74, 6) is 1.63. The van der Waals surface area contributed by atoms with Gasteiger partial charge in [-0.2, -0.15) is 0 Å². The second-order valence-corrected chi connectivity index (χ2v) is 5.51. The fourth-order valence-corrected chi connectivity index (χ4v) is 2.82. The molecule has 1 N–H and O–H groups in total. The third-order valence-electron chi connectivity index (χ3n) is 3.23. The predicted octanol–water partition coefficient (Wildman–Crippen LogP) is 3.57. The summed E-state index contributed by atoms with van der Waals surface area (Å²) in [6, 6.07) is 6.25. The van der Waals surface area contributed by atoms with Crippen LogP contribution in [0.2, 0.25) is 0 Å². The summed E-state index contributed by atoms with van der Waals surface area (Å²) in [6.07, 6.45) is 1.83. The first-order valence-corrected chi connectivity index (χ1v) is 7.41. The molecule has 2 atom stereocenters. The van der Waals surface area contributed by atoms with Crippen molar-refractivity contribution in [1.82, 2.24) is 10.3 Å². The molecule has 0 saturated heterocycles. The van der Waals surface area contributed by atoms with E-state index >= 15 is 0 Å². The van der Waals surface area contributed by atoms with Gasteiger partial charge in [0.2, 0.25) is 0 Å². The number of nitrogens with one attached hydrogen (secondary N) is 1. The van der Waals surface area contributed by atoms with E-state index in [4.69, 9.17) is 9.47 Å². The summed E-state index contributed by atoms with van der Waals surface area (Å²) in [7, 11) is 3.33. The second-order valence-electron chi connectivity index (χ2n) is 4.59. The Morgan fingerprint density at radius 1 is 1.15 bits per heavy atom. The van der Waals surface area contributed by atoms with Gasteiger partial charge in [0, 0.05) is 29.2 Å². The Hall–Kier alpha value is -1.59. The Bertz CT molecular complexity index is 543. The molecule has 0 radical (unpaired) electrons. The van der Waals surface area contributed by atoms with Crippen LogP contribution in [0.4, 0.5) is 0 Å². The fraction of sp³-hybridized carbons (Fsp3) is 0.400. The van der Waals surface area contributed by atoms with Crippen molar-refractivity contribution in [2.24, 2.45) is 0 Å². The van der Waals surface area contributed by atoms with Gasteiger partial charge in [-0.05, 0) is 19.9 Å². The minimum Gasteiger partial charge on any atom is -0.497 e. The molecule has 1 heterocycles. The zero-order valence-electron chi connectivity index (χ0n) is 12.2. The number of thiazole rings is 1. The molecular weight excluding hydrogens is 272 g/mol. The summed E-state index contributed by atoms with van der Waals surface area (Å²) in [4.78, 5) is 4.34. The lowest BCUT2D eigenvalue weighted by Crippen LogP contribution is -2.22. The van der Waals surface area contributed by atoms with Crippen LogP contribution in [0.25, 0.3) is 0 Å². The summed E-state index contributed by atoms with van der Waals surface area (Å²) < 4.78 is 10.7. The van der Waals surface area contributed by atoms with E-state index in [1.165, 1.54) is 0 Å². The summed E-state index contributed by atoms with van der Waals surface area (Å²) in [5.41, 5.74) is 1.11. The molecule has 2 unspecified atom stereocenters. The predicted molar refractivity (Wildman–Crippen MR) is 81.6 cm³/mol. The van der Waals surface area contributed by atoms with Crippen LogP contribution in [0.3, 0.4) is 0 Å². The molecule has 1 aromatic heterocycles. The average molecular weight is 292 g/mol. The molecule has 0 spiro atoms. The van der Waals surface area contributed by atoms with Crippen LogP contribution in [-0.2, 0) is 0 Å². The Balaban J connectivity index is 2.14. The van der Waals surface area contributed by atoms with Gasteiger partial charge in [0.15, 0.2) is 0 Å². The highest BCUT2D eigenvalue weighted by atomic mass is 32.1. The van der Waals surface area contributed by atoms with Crippen molar-refractivity contribution in [1.29, 1.82) is 0 Å². The third kappa shape index (κ3) is 3.29. The number of benzene rings is 1. The number of methoxy groups -OCH3 is 2. The van der Waals surface area contributed by atoms with E-state index in [2.05, 4.69) is 24.1 Å². The summed E-state index contributed by atoms with van der Waals surface area (Å²) in [5, 5.41) is 6.62. The quantitative estimate of drug-likeness (QED) is 0.884. The van der Waals surface area contributed by atoms with Crippen LogP contribution < -0.4 is 14.8 Å². The van der Waals surface area contributed by atoms with E-state index in [1.54, 1.807) is 25.6 Å². The standard InChI is InChI=1S/C15H20N2O2S/c1-10(17-11(2)15-16-7-8-20-15)13-6-5-12(18-3)9-14(13)19-4/h5-11,17H,1-4H3. The van der Waals surface area contributed by atoms with E-state index in [0.717, 1.165) is 22.1 Å². The molecule has 0 amide bonds. The fourth-order valence-electron chi connectivity index (χ4n) is 2.16. The Labute approximate surface area is 123 Å². The van der Waals surface area contributed by atoms with Crippen LogP contribution in [0.1, 0.15) is 36.5 Å². The first kappa shape index (κ1) is 14.8. The Morgan fingerprint density at radius 2 is 1.95 bits per heavy atom. The van der Waals surface area contributed by atoms with Crippen molar-refractivity contribution in [2.45, 2.75) is 25.9 Å².